The Balaban J connectivity index is 2.42. The number of methoxy groups -OCH3 is 1. The highest BCUT2D eigenvalue weighted by Crippen LogP contribution is 2.29. The van der Waals surface area contributed by atoms with Crippen molar-refractivity contribution in [2.45, 2.75) is 45.3 Å². The molecule has 0 amide bonds. The van der Waals surface area contributed by atoms with E-state index in [0.717, 1.165) is 25.8 Å². The Hall–Kier alpha value is -1.38. The minimum atomic E-state index is 0.215. The largest absolute Gasteiger partial charge is 0.379 e. The van der Waals surface area contributed by atoms with Gasteiger partial charge in [-0.05, 0) is 35.7 Å². The number of ether oxygens (including phenoxy) is 1. The van der Waals surface area contributed by atoms with Crippen LogP contribution in [0, 0.1) is 0 Å². The molecule has 2 unspecified atom stereocenters. The molecular formula is C19H27NO. The van der Waals surface area contributed by atoms with E-state index in [1.807, 2.05) is 7.11 Å². The van der Waals surface area contributed by atoms with Gasteiger partial charge in [0.1, 0.15) is 0 Å². The molecule has 2 heteroatoms. The Morgan fingerprint density at radius 3 is 2.48 bits per heavy atom. The van der Waals surface area contributed by atoms with E-state index in [2.05, 4.69) is 61.6 Å². The number of fused-ring (bicyclic) bond motifs is 1. The first-order valence-corrected chi connectivity index (χ1v) is 8.05. The van der Waals surface area contributed by atoms with Crippen LogP contribution in [0.1, 0.15) is 44.7 Å². The summed E-state index contributed by atoms with van der Waals surface area (Å²) in [4.78, 5) is 0. The second kappa shape index (κ2) is 8.16. The summed E-state index contributed by atoms with van der Waals surface area (Å²) in [5.41, 5.74) is 1.35. The molecule has 2 aromatic carbocycles. The summed E-state index contributed by atoms with van der Waals surface area (Å²) in [5, 5.41) is 6.31. The van der Waals surface area contributed by atoms with Gasteiger partial charge in [0.25, 0.3) is 0 Å². The van der Waals surface area contributed by atoms with Crippen LogP contribution in [0.3, 0.4) is 0 Å². The molecule has 0 aromatic heterocycles. The van der Waals surface area contributed by atoms with Crippen molar-refractivity contribution in [1.29, 1.82) is 0 Å². The van der Waals surface area contributed by atoms with Gasteiger partial charge in [-0.15, -0.1) is 0 Å². The van der Waals surface area contributed by atoms with Gasteiger partial charge in [0.05, 0.1) is 12.1 Å². The van der Waals surface area contributed by atoms with Crippen LogP contribution in [0.25, 0.3) is 10.8 Å². The van der Waals surface area contributed by atoms with Crippen LogP contribution >= 0.6 is 0 Å². The van der Waals surface area contributed by atoms with Gasteiger partial charge >= 0.3 is 0 Å². The van der Waals surface area contributed by atoms with Crippen molar-refractivity contribution in [2.24, 2.45) is 0 Å². The smallest absolute Gasteiger partial charge is 0.0766 e. The lowest BCUT2D eigenvalue weighted by molar-refractivity contribution is 0.0610. The van der Waals surface area contributed by atoms with Crippen molar-refractivity contribution in [3.05, 3.63) is 48.0 Å². The van der Waals surface area contributed by atoms with E-state index in [9.17, 15) is 0 Å². The maximum Gasteiger partial charge on any atom is 0.0766 e. The predicted molar refractivity (Wildman–Crippen MR) is 90.7 cm³/mol. The predicted octanol–water partition coefficient (Wildman–Crippen LogP) is 4.70. The van der Waals surface area contributed by atoms with Gasteiger partial charge < -0.3 is 10.1 Å². The average molecular weight is 285 g/mol. The van der Waals surface area contributed by atoms with Gasteiger partial charge in [0.2, 0.25) is 0 Å². The number of hydrogen-bond acceptors (Lipinski definition) is 2. The molecule has 114 valence electrons. The summed E-state index contributed by atoms with van der Waals surface area (Å²) in [6, 6.07) is 15.4. The molecule has 0 aliphatic heterocycles. The van der Waals surface area contributed by atoms with E-state index in [1.54, 1.807) is 0 Å². The SMILES string of the molecule is CCCNC(c1cccc2ccccc12)C(CCC)OC. The van der Waals surface area contributed by atoms with Gasteiger partial charge in [-0.3, -0.25) is 0 Å². The highest BCUT2D eigenvalue weighted by molar-refractivity contribution is 5.86. The molecule has 0 fully saturated rings. The summed E-state index contributed by atoms with van der Waals surface area (Å²) in [7, 11) is 1.83. The molecule has 0 saturated heterocycles. The summed E-state index contributed by atoms with van der Waals surface area (Å²) >= 11 is 0. The molecule has 0 aliphatic carbocycles. The Morgan fingerprint density at radius 2 is 1.76 bits per heavy atom. The molecule has 0 saturated carbocycles. The lowest BCUT2D eigenvalue weighted by Crippen LogP contribution is -2.34. The molecule has 2 atom stereocenters. The highest BCUT2D eigenvalue weighted by Gasteiger charge is 2.23. The molecule has 0 aliphatic rings. The molecule has 21 heavy (non-hydrogen) atoms. The maximum absolute atomic E-state index is 5.79. The van der Waals surface area contributed by atoms with Gasteiger partial charge in [-0.25, -0.2) is 0 Å². The van der Waals surface area contributed by atoms with Crippen molar-refractivity contribution in [3.63, 3.8) is 0 Å². The van der Waals surface area contributed by atoms with E-state index in [0.29, 0.717) is 0 Å². The normalized spacial score (nSPS) is 14.2. The van der Waals surface area contributed by atoms with Gasteiger partial charge in [-0.2, -0.15) is 0 Å². The van der Waals surface area contributed by atoms with Crippen molar-refractivity contribution in [3.8, 4) is 0 Å². The Morgan fingerprint density at radius 1 is 1.00 bits per heavy atom. The van der Waals surface area contributed by atoms with Gasteiger partial charge in [0.15, 0.2) is 0 Å². The Bertz CT molecular complexity index is 547. The van der Waals surface area contributed by atoms with Gasteiger partial charge in [0, 0.05) is 7.11 Å². The lowest BCUT2D eigenvalue weighted by atomic mass is 9.93. The molecule has 0 bridgehead atoms. The lowest BCUT2D eigenvalue weighted by Gasteiger charge is -2.28. The van der Waals surface area contributed by atoms with Crippen molar-refractivity contribution >= 4 is 10.8 Å². The second-order valence-electron chi connectivity index (χ2n) is 5.56. The minimum Gasteiger partial charge on any atom is -0.379 e. The molecule has 1 N–H and O–H groups in total. The standard InChI is InChI=1S/C19H27NO/c1-4-9-18(21-3)19(20-14-5-2)17-13-8-11-15-10-6-7-12-16(15)17/h6-8,10-13,18-20H,4-5,9,14H2,1-3H3. The van der Waals surface area contributed by atoms with E-state index in [-0.39, 0.29) is 12.1 Å². The minimum absolute atomic E-state index is 0.215. The first-order chi connectivity index (χ1) is 10.3. The number of benzene rings is 2. The van der Waals surface area contributed by atoms with Crippen LogP contribution in [0.4, 0.5) is 0 Å². The Kier molecular flexibility index (Phi) is 6.21. The molecule has 2 nitrogen and oxygen atoms in total. The van der Waals surface area contributed by atoms with Crippen molar-refractivity contribution in [1.82, 2.24) is 5.32 Å². The van der Waals surface area contributed by atoms with Crippen LogP contribution in [-0.2, 0) is 4.74 Å². The monoisotopic (exact) mass is 285 g/mol. The van der Waals surface area contributed by atoms with E-state index in [1.165, 1.54) is 16.3 Å². The maximum atomic E-state index is 5.79. The van der Waals surface area contributed by atoms with E-state index >= 15 is 0 Å². The number of rotatable bonds is 8. The summed E-state index contributed by atoms with van der Waals surface area (Å²) in [6.07, 6.45) is 3.55. The van der Waals surface area contributed by atoms with Crippen LogP contribution in [0.5, 0.6) is 0 Å². The van der Waals surface area contributed by atoms with Crippen LogP contribution < -0.4 is 5.32 Å². The molecule has 0 spiro atoms. The fraction of sp³-hybridized carbons (Fsp3) is 0.474. The topological polar surface area (TPSA) is 21.3 Å². The highest BCUT2D eigenvalue weighted by atomic mass is 16.5. The zero-order chi connectivity index (χ0) is 15.1. The second-order valence-corrected chi connectivity index (χ2v) is 5.56. The molecule has 0 heterocycles. The summed E-state index contributed by atoms with van der Waals surface area (Å²) in [6.45, 7) is 5.43. The zero-order valence-corrected chi connectivity index (χ0v) is 13.4. The first-order valence-electron chi connectivity index (χ1n) is 8.05. The zero-order valence-electron chi connectivity index (χ0n) is 13.4. The molecule has 0 radical (unpaired) electrons. The fourth-order valence-corrected chi connectivity index (χ4v) is 2.97. The fourth-order valence-electron chi connectivity index (χ4n) is 2.97. The molecular weight excluding hydrogens is 258 g/mol. The first kappa shape index (κ1) is 16.0. The molecule has 2 aromatic rings. The third-order valence-corrected chi connectivity index (χ3v) is 4.02. The van der Waals surface area contributed by atoms with Crippen LogP contribution in [-0.4, -0.2) is 19.8 Å². The van der Waals surface area contributed by atoms with E-state index in [4.69, 9.17) is 4.74 Å². The van der Waals surface area contributed by atoms with Gasteiger partial charge in [-0.1, -0.05) is 62.7 Å². The average Bonchev–Trinajstić information content (AvgIpc) is 2.54. The van der Waals surface area contributed by atoms with Crippen molar-refractivity contribution < 1.29 is 4.74 Å². The molecule has 2 rings (SSSR count). The third kappa shape index (κ3) is 3.84. The summed E-state index contributed by atoms with van der Waals surface area (Å²) < 4.78 is 5.79. The van der Waals surface area contributed by atoms with Crippen LogP contribution in [0.15, 0.2) is 42.5 Å². The quantitative estimate of drug-likeness (QED) is 0.759. The number of hydrogen-bond donors (Lipinski definition) is 1. The van der Waals surface area contributed by atoms with E-state index < -0.39 is 0 Å². The number of nitrogens with one attached hydrogen (secondary N) is 1. The third-order valence-electron chi connectivity index (χ3n) is 4.02. The van der Waals surface area contributed by atoms with Crippen molar-refractivity contribution in [2.75, 3.05) is 13.7 Å². The summed E-state index contributed by atoms with van der Waals surface area (Å²) in [5.74, 6) is 0. The Labute approximate surface area is 128 Å². The van der Waals surface area contributed by atoms with Crippen LogP contribution in [0.2, 0.25) is 0 Å².